The van der Waals surface area contributed by atoms with E-state index in [4.69, 9.17) is 4.74 Å². The molecular weight excluding hydrogens is 455 g/mol. The van der Waals surface area contributed by atoms with Crippen LogP contribution in [0.25, 0.3) is 0 Å². The maximum Gasteiger partial charge on any atom is 0.223 e. The van der Waals surface area contributed by atoms with Crippen LogP contribution in [0.1, 0.15) is 67.8 Å². The first-order chi connectivity index (χ1) is 16.0. The van der Waals surface area contributed by atoms with Gasteiger partial charge in [0.25, 0.3) is 0 Å². The van der Waals surface area contributed by atoms with Crippen LogP contribution in [0, 0.1) is 18.7 Å². The van der Waals surface area contributed by atoms with Crippen molar-refractivity contribution >= 4 is 15.9 Å². The maximum absolute atomic E-state index is 13.9. The van der Waals surface area contributed by atoms with Crippen LogP contribution in [0.3, 0.4) is 0 Å². The Morgan fingerprint density at radius 3 is 2.38 bits per heavy atom. The normalized spacial score (nSPS) is 16.4. The number of ether oxygens (including phenoxy) is 1. The lowest BCUT2D eigenvalue weighted by Gasteiger charge is -2.31. The van der Waals surface area contributed by atoms with E-state index in [1.807, 2.05) is 19.9 Å². The van der Waals surface area contributed by atoms with Gasteiger partial charge >= 0.3 is 0 Å². The Bertz CT molecular complexity index is 1130. The van der Waals surface area contributed by atoms with Crippen molar-refractivity contribution in [2.24, 2.45) is 5.92 Å². The molecule has 1 N–H and O–H groups in total. The van der Waals surface area contributed by atoms with Crippen molar-refractivity contribution in [3.05, 3.63) is 64.5 Å². The highest BCUT2D eigenvalue weighted by molar-refractivity contribution is 7.88. The third kappa shape index (κ3) is 5.96. The van der Waals surface area contributed by atoms with Gasteiger partial charge in [-0.3, -0.25) is 4.79 Å². The van der Waals surface area contributed by atoms with Gasteiger partial charge in [-0.15, -0.1) is 0 Å². The molecule has 34 heavy (non-hydrogen) atoms. The minimum Gasteiger partial charge on any atom is -0.496 e. The molecule has 6 nitrogen and oxygen atoms in total. The standard InChI is InChI=1S/C26H35FN2O4S/c1-17(2)22-15-23(18(3)14-25(22)33-5)19(4)28-26(30)20-10-12-29(13-11-20)34(31,32)16-21-8-6-7-9-24(21)27/h6-9,14-15,17,19-20H,10-13,16H2,1-5H3,(H,28,30). The highest BCUT2D eigenvalue weighted by Crippen LogP contribution is 2.32. The summed E-state index contributed by atoms with van der Waals surface area (Å²) in [6.07, 6.45) is 0.877. The number of aryl methyl sites for hydroxylation is 1. The molecule has 0 spiro atoms. The number of hydrogen-bond acceptors (Lipinski definition) is 4. The third-order valence-corrected chi connectivity index (χ3v) is 8.41. The Labute approximate surface area is 202 Å². The Balaban J connectivity index is 1.62. The van der Waals surface area contributed by atoms with Gasteiger partial charge in [0.15, 0.2) is 0 Å². The smallest absolute Gasteiger partial charge is 0.223 e. The van der Waals surface area contributed by atoms with Crippen LogP contribution in [-0.4, -0.2) is 38.8 Å². The molecule has 1 unspecified atom stereocenters. The molecule has 1 amide bonds. The molecule has 1 fully saturated rings. The van der Waals surface area contributed by atoms with Crippen molar-refractivity contribution in [1.82, 2.24) is 9.62 Å². The van der Waals surface area contributed by atoms with Gasteiger partial charge in [0, 0.05) is 24.6 Å². The predicted octanol–water partition coefficient (Wildman–Crippen LogP) is 4.69. The number of nitrogens with one attached hydrogen (secondary N) is 1. The zero-order chi connectivity index (χ0) is 25.0. The van der Waals surface area contributed by atoms with Gasteiger partial charge in [-0.1, -0.05) is 32.0 Å². The molecular formula is C26H35FN2O4S. The maximum atomic E-state index is 13.9. The van der Waals surface area contributed by atoms with E-state index < -0.39 is 15.8 Å². The molecule has 0 saturated carbocycles. The highest BCUT2D eigenvalue weighted by atomic mass is 32.2. The van der Waals surface area contributed by atoms with Crippen LogP contribution in [0.5, 0.6) is 5.75 Å². The monoisotopic (exact) mass is 490 g/mol. The molecule has 8 heteroatoms. The van der Waals surface area contributed by atoms with E-state index in [0.29, 0.717) is 12.8 Å². The molecule has 0 bridgehead atoms. The SMILES string of the molecule is COc1cc(C)c(C(C)NC(=O)C2CCN(S(=O)(=O)Cc3ccccc3F)CC2)cc1C(C)C. The fourth-order valence-corrected chi connectivity index (χ4v) is 6.10. The Hall–Kier alpha value is -2.45. The average Bonchev–Trinajstić information content (AvgIpc) is 2.80. The fourth-order valence-electron chi connectivity index (χ4n) is 4.52. The van der Waals surface area contributed by atoms with Crippen LogP contribution in [-0.2, 0) is 20.6 Å². The van der Waals surface area contributed by atoms with E-state index in [1.165, 1.54) is 22.5 Å². The number of hydrogen-bond donors (Lipinski definition) is 1. The summed E-state index contributed by atoms with van der Waals surface area (Å²) in [5.41, 5.74) is 3.34. The Kier molecular flexibility index (Phi) is 8.36. The molecule has 1 aliphatic rings. The molecule has 0 aromatic heterocycles. The summed E-state index contributed by atoms with van der Waals surface area (Å²) < 4.78 is 46.3. The number of nitrogens with zero attached hydrogens (tertiary/aromatic N) is 1. The summed E-state index contributed by atoms with van der Waals surface area (Å²) >= 11 is 0. The molecule has 186 valence electrons. The lowest BCUT2D eigenvalue weighted by atomic mass is 9.92. The minimum atomic E-state index is -3.65. The number of amides is 1. The fraction of sp³-hybridized carbons (Fsp3) is 0.500. The summed E-state index contributed by atoms with van der Waals surface area (Å²) in [5.74, 6) is -0.0940. The van der Waals surface area contributed by atoms with Crippen LogP contribution >= 0.6 is 0 Å². The molecule has 1 heterocycles. The highest BCUT2D eigenvalue weighted by Gasteiger charge is 2.32. The van der Waals surface area contributed by atoms with E-state index in [2.05, 4.69) is 25.2 Å². The summed E-state index contributed by atoms with van der Waals surface area (Å²) in [7, 11) is -1.99. The number of halogens is 1. The second-order valence-electron chi connectivity index (χ2n) is 9.36. The second kappa shape index (κ2) is 10.9. The molecule has 2 aromatic carbocycles. The van der Waals surface area contributed by atoms with E-state index in [0.717, 1.165) is 22.4 Å². The number of carbonyl (C=O) groups excluding carboxylic acids is 1. The van der Waals surface area contributed by atoms with Gasteiger partial charge < -0.3 is 10.1 Å². The molecule has 0 radical (unpaired) electrons. The predicted molar refractivity (Wildman–Crippen MR) is 132 cm³/mol. The van der Waals surface area contributed by atoms with Crippen molar-refractivity contribution in [1.29, 1.82) is 0 Å². The number of benzene rings is 2. The zero-order valence-corrected chi connectivity index (χ0v) is 21.4. The number of methoxy groups -OCH3 is 1. The minimum absolute atomic E-state index is 0.0695. The van der Waals surface area contributed by atoms with E-state index in [1.54, 1.807) is 13.2 Å². The molecule has 1 saturated heterocycles. The Morgan fingerprint density at radius 2 is 1.79 bits per heavy atom. The molecule has 2 aromatic rings. The number of sulfonamides is 1. The van der Waals surface area contributed by atoms with Gasteiger partial charge in [0.1, 0.15) is 11.6 Å². The molecule has 1 atom stereocenters. The largest absolute Gasteiger partial charge is 0.496 e. The van der Waals surface area contributed by atoms with Crippen LogP contribution < -0.4 is 10.1 Å². The van der Waals surface area contributed by atoms with Crippen molar-refractivity contribution < 1.29 is 22.3 Å². The summed E-state index contributed by atoms with van der Waals surface area (Å²) in [5, 5.41) is 3.11. The van der Waals surface area contributed by atoms with Gasteiger partial charge in [0.05, 0.1) is 18.9 Å². The summed E-state index contributed by atoms with van der Waals surface area (Å²) in [4.78, 5) is 13.0. The van der Waals surface area contributed by atoms with Gasteiger partial charge in [0.2, 0.25) is 15.9 Å². The summed E-state index contributed by atoms with van der Waals surface area (Å²) in [6.45, 7) is 8.68. The first kappa shape index (κ1) is 26.2. The Morgan fingerprint density at radius 1 is 1.15 bits per heavy atom. The first-order valence-corrected chi connectivity index (χ1v) is 13.3. The number of piperidine rings is 1. The summed E-state index contributed by atoms with van der Waals surface area (Å²) in [6, 6.07) is 9.83. The number of carbonyl (C=O) groups is 1. The van der Waals surface area contributed by atoms with E-state index >= 15 is 0 Å². The van der Waals surface area contributed by atoms with E-state index in [-0.39, 0.29) is 48.2 Å². The zero-order valence-electron chi connectivity index (χ0n) is 20.6. The van der Waals surface area contributed by atoms with E-state index in [9.17, 15) is 17.6 Å². The van der Waals surface area contributed by atoms with Crippen LogP contribution in [0.4, 0.5) is 4.39 Å². The lowest BCUT2D eigenvalue weighted by Crippen LogP contribution is -2.43. The second-order valence-corrected chi connectivity index (χ2v) is 11.3. The van der Waals surface area contributed by atoms with Crippen molar-refractivity contribution in [3.8, 4) is 5.75 Å². The van der Waals surface area contributed by atoms with Crippen molar-refractivity contribution in [2.45, 2.75) is 58.2 Å². The quantitative estimate of drug-likeness (QED) is 0.583. The molecule has 0 aliphatic carbocycles. The first-order valence-electron chi connectivity index (χ1n) is 11.7. The van der Waals surface area contributed by atoms with Crippen molar-refractivity contribution in [3.63, 3.8) is 0 Å². The molecule has 1 aliphatic heterocycles. The van der Waals surface area contributed by atoms with Crippen LogP contribution in [0.15, 0.2) is 36.4 Å². The average molecular weight is 491 g/mol. The topological polar surface area (TPSA) is 75.7 Å². The van der Waals surface area contributed by atoms with Gasteiger partial charge in [-0.05, 0) is 67.5 Å². The van der Waals surface area contributed by atoms with Gasteiger partial charge in [-0.25, -0.2) is 17.1 Å². The third-order valence-electron chi connectivity index (χ3n) is 6.58. The number of rotatable bonds is 8. The van der Waals surface area contributed by atoms with Crippen molar-refractivity contribution in [2.75, 3.05) is 20.2 Å². The van der Waals surface area contributed by atoms with Crippen LogP contribution in [0.2, 0.25) is 0 Å². The lowest BCUT2D eigenvalue weighted by molar-refractivity contribution is -0.126. The van der Waals surface area contributed by atoms with Gasteiger partial charge in [-0.2, -0.15) is 0 Å². The molecule has 3 rings (SSSR count).